The Morgan fingerprint density at radius 2 is 2.00 bits per heavy atom. The molecule has 0 bridgehead atoms. The topological polar surface area (TPSA) is 48.1 Å². The fourth-order valence-corrected chi connectivity index (χ4v) is 1.42. The van der Waals surface area contributed by atoms with Crippen molar-refractivity contribution in [3.63, 3.8) is 0 Å². The molecule has 0 spiro atoms. The number of benzene rings is 1. The molecule has 0 amide bonds. The summed E-state index contributed by atoms with van der Waals surface area (Å²) in [7, 11) is 0. The van der Waals surface area contributed by atoms with Gasteiger partial charge in [-0.1, -0.05) is 23.7 Å². The molecular formula is C12H10ClFN2O. The van der Waals surface area contributed by atoms with Crippen molar-refractivity contribution in [3.8, 4) is 5.88 Å². The van der Waals surface area contributed by atoms with E-state index in [1.165, 1.54) is 6.20 Å². The largest absolute Gasteiger partial charge is 0.471 e. The molecule has 5 heteroatoms. The Morgan fingerprint density at radius 1 is 1.29 bits per heavy atom. The highest BCUT2D eigenvalue weighted by Crippen LogP contribution is 2.18. The Balaban J connectivity index is 2.04. The van der Waals surface area contributed by atoms with Gasteiger partial charge >= 0.3 is 0 Å². The van der Waals surface area contributed by atoms with Crippen molar-refractivity contribution >= 4 is 17.3 Å². The molecule has 0 aliphatic rings. The van der Waals surface area contributed by atoms with Gasteiger partial charge in [-0.15, -0.1) is 0 Å². The average Bonchev–Trinajstić information content (AvgIpc) is 2.30. The van der Waals surface area contributed by atoms with Crippen molar-refractivity contribution in [2.75, 3.05) is 5.73 Å². The van der Waals surface area contributed by atoms with Crippen LogP contribution < -0.4 is 10.5 Å². The van der Waals surface area contributed by atoms with E-state index < -0.39 is 5.82 Å². The van der Waals surface area contributed by atoms with E-state index in [2.05, 4.69) is 4.98 Å². The van der Waals surface area contributed by atoms with Crippen LogP contribution in [0.2, 0.25) is 5.02 Å². The zero-order valence-corrected chi connectivity index (χ0v) is 9.62. The van der Waals surface area contributed by atoms with E-state index in [9.17, 15) is 4.39 Å². The lowest BCUT2D eigenvalue weighted by atomic mass is 10.2. The van der Waals surface area contributed by atoms with E-state index in [0.29, 0.717) is 5.69 Å². The van der Waals surface area contributed by atoms with Crippen molar-refractivity contribution in [2.45, 2.75) is 6.61 Å². The fourth-order valence-electron chi connectivity index (χ4n) is 1.27. The second-order valence-electron chi connectivity index (χ2n) is 3.47. The molecule has 2 aromatic rings. The molecule has 0 fully saturated rings. The number of nitrogens with two attached hydrogens (primary N) is 1. The van der Waals surface area contributed by atoms with E-state index in [0.717, 1.165) is 11.6 Å². The summed E-state index contributed by atoms with van der Waals surface area (Å²) < 4.78 is 18.6. The third kappa shape index (κ3) is 3.07. The van der Waals surface area contributed by atoms with Crippen molar-refractivity contribution in [1.82, 2.24) is 4.98 Å². The molecule has 88 valence electrons. The Hall–Kier alpha value is -1.81. The molecule has 0 aliphatic carbocycles. The molecule has 2 N–H and O–H groups in total. The summed E-state index contributed by atoms with van der Waals surface area (Å²) in [6, 6.07) is 8.29. The number of hydrogen-bond acceptors (Lipinski definition) is 3. The number of aromatic nitrogens is 1. The lowest BCUT2D eigenvalue weighted by Gasteiger charge is -2.06. The molecule has 0 radical (unpaired) electrons. The van der Waals surface area contributed by atoms with Gasteiger partial charge in [-0.2, -0.15) is 0 Å². The maximum atomic E-state index is 13.3. The third-order valence-corrected chi connectivity index (χ3v) is 2.34. The molecule has 3 nitrogen and oxygen atoms in total. The van der Waals surface area contributed by atoms with Gasteiger partial charge in [0.2, 0.25) is 0 Å². The van der Waals surface area contributed by atoms with Gasteiger partial charge in [-0.3, -0.25) is 0 Å². The number of hydrogen-bond donors (Lipinski definition) is 1. The predicted molar refractivity (Wildman–Crippen MR) is 64.4 cm³/mol. The van der Waals surface area contributed by atoms with Crippen LogP contribution in [0.25, 0.3) is 0 Å². The van der Waals surface area contributed by atoms with E-state index >= 15 is 0 Å². The smallest absolute Gasteiger partial charge is 0.250 e. The SMILES string of the molecule is Nc1ccc(COc2ncc(Cl)cc2F)cc1. The Kier molecular flexibility index (Phi) is 3.44. The average molecular weight is 253 g/mol. The monoisotopic (exact) mass is 252 g/mol. The standard InChI is InChI=1S/C12H10ClFN2O/c13-9-5-11(14)12(16-6-9)17-7-8-1-3-10(15)4-2-8/h1-6H,7,15H2. The second-order valence-corrected chi connectivity index (χ2v) is 3.91. The molecule has 0 atom stereocenters. The lowest BCUT2D eigenvalue weighted by Crippen LogP contribution is -1.99. The first-order valence-electron chi connectivity index (χ1n) is 4.93. The molecule has 0 unspecified atom stereocenters. The van der Waals surface area contributed by atoms with Gasteiger partial charge in [0.1, 0.15) is 6.61 Å². The van der Waals surface area contributed by atoms with Crippen LogP contribution in [0.5, 0.6) is 5.88 Å². The first-order chi connectivity index (χ1) is 8.15. The number of nitrogens with zero attached hydrogens (tertiary/aromatic N) is 1. The summed E-state index contributed by atoms with van der Waals surface area (Å²) in [5, 5.41) is 0.238. The van der Waals surface area contributed by atoms with Crippen molar-refractivity contribution in [2.24, 2.45) is 0 Å². The first kappa shape index (κ1) is 11.7. The van der Waals surface area contributed by atoms with Crippen molar-refractivity contribution in [3.05, 3.63) is 52.9 Å². The van der Waals surface area contributed by atoms with Crippen LogP contribution >= 0.6 is 11.6 Å². The normalized spacial score (nSPS) is 10.2. The molecule has 0 aliphatic heterocycles. The maximum absolute atomic E-state index is 13.3. The highest BCUT2D eigenvalue weighted by atomic mass is 35.5. The summed E-state index contributed by atoms with van der Waals surface area (Å²) in [5.74, 6) is -0.640. The summed E-state index contributed by atoms with van der Waals surface area (Å²) in [6.45, 7) is 0.228. The number of pyridine rings is 1. The first-order valence-corrected chi connectivity index (χ1v) is 5.31. The van der Waals surface area contributed by atoms with Gasteiger partial charge < -0.3 is 10.5 Å². The van der Waals surface area contributed by atoms with Crippen LogP contribution in [0.1, 0.15) is 5.56 Å². The van der Waals surface area contributed by atoms with E-state index in [4.69, 9.17) is 22.1 Å². The van der Waals surface area contributed by atoms with E-state index in [1.54, 1.807) is 12.1 Å². The van der Waals surface area contributed by atoms with Crippen LogP contribution in [-0.4, -0.2) is 4.98 Å². The zero-order chi connectivity index (χ0) is 12.3. The fraction of sp³-hybridized carbons (Fsp3) is 0.0833. The molecule has 0 saturated carbocycles. The molecular weight excluding hydrogens is 243 g/mol. The lowest BCUT2D eigenvalue weighted by molar-refractivity contribution is 0.277. The van der Waals surface area contributed by atoms with Crippen LogP contribution in [0.15, 0.2) is 36.5 Å². The number of halogens is 2. The van der Waals surface area contributed by atoms with E-state index in [-0.39, 0.29) is 17.5 Å². The molecule has 0 saturated heterocycles. The highest BCUT2D eigenvalue weighted by molar-refractivity contribution is 6.30. The summed E-state index contributed by atoms with van der Waals surface area (Å²) in [5.41, 5.74) is 7.10. The molecule has 1 heterocycles. The minimum Gasteiger partial charge on any atom is -0.471 e. The number of rotatable bonds is 3. The number of ether oxygens (including phenoxy) is 1. The Labute approximate surface area is 103 Å². The third-order valence-electron chi connectivity index (χ3n) is 2.13. The summed E-state index contributed by atoms with van der Waals surface area (Å²) in [6.07, 6.45) is 1.34. The minimum atomic E-state index is -0.576. The Bertz CT molecular complexity index is 516. The van der Waals surface area contributed by atoms with Gasteiger partial charge in [0, 0.05) is 11.9 Å². The van der Waals surface area contributed by atoms with Gasteiger partial charge in [0.05, 0.1) is 5.02 Å². The second kappa shape index (κ2) is 5.01. The molecule has 17 heavy (non-hydrogen) atoms. The number of anilines is 1. The molecule has 2 rings (SSSR count). The summed E-state index contributed by atoms with van der Waals surface area (Å²) in [4.78, 5) is 3.76. The van der Waals surface area contributed by atoms with Gasteiger partial charge in [0.25, 0.3) is 5.88 Å². The maximum Gasteiger partial charge on any atom is 0.250 e. The molecule has 1 aromatic carbocycles. The van der Waals surface area contributed by atoms with Crippen molar-refractivity contribution < 1.29 is 9.13 Å². The predicted octanol–water partition coefficient (Wildman–Crippen LogP) is 3.04. The van der Waals surface area contributed by atoms with Crippen LogP contribution in [0.3, 0.4) is 0 Å². The van der Waals surface area contributed by atoms with E-state index in [1.807, 2.05) is 12.1 Å². The van der Waals surface area contributed by atoms with Crippen molar-refractivity contribution in [1.29, 1.82) is 0 Å². The Morgan fingerprint density at radius 3 is 2.65 bits per heavy atom. The molecule has 1 aromatic heterocycles. The van der Waals surface area contributed by atoms with Gasteiger partial charge in [-0.25, -0.2) is 9.37 Å². The highest BCUT2D eigenvalue weighted by Gasteiger charge is 2.05. The quantitative estimate of drug-likeness (QED) is 0.854. The zero-order valence-electron chi connectivity index (χ0n) is 8.86. The summed E-state index contributed by atoms with van der Waals surface area (Å²) >= 11 is 5.58. The van der Waals surface area contributed by atoms with Crippen LogP contribution in [-0.2, 0) is 6.61 Å². The minimum absolute atomic E-state index is 0.0637. The van der Waals surface area contributed by atoms with Crippen LogP contribution in [0.4, 0.5) is 10.1 Å². The van der Waals surface area contributed by atoms with Gasteiger partial charge in [-0.05, 0) is 23.8 Å². The van der Waals surface area contributed by atoms with Crippen LogP contribution in [0, 0.1) is 5.82 Å². The van der Waals surface area contributed by atoms with Gasteiger partial charge in [0.15, 0.2) is 5.82 Å². The number of nitrogen functional groups attached to an aromatic ring is 1.